The Kier molecular flexibility index (Phi) is 7.57. The van der Waals surface area contributed by atoms with Crippen molar-refractivity contribution in [3.8, 4) is 11.5 Å². The van der Waals surface area contributed by atoms with Crippen molar-refractivity contribution in [3.63, 3.8) is 0 Å². The fourth-order valence-electron chi connectivity index (χ4n) is 6.15. The first-order valence-corrected chi connectivity index (χ1v) is 15.9. The van der Waals surface area contributed by atoms with Gasteiger partial charge in [-0.3, -0.25) is 0 Å². The summed E-state index contributed by atoms with van der Waals surface area (Å²) in [5.74, 6) is 1.51. The highest BCUT2D eigenvalue weighted by Gasteiger charge is 2.50. The number of fused-ring (bicyclic) bond motifs is 5. The molecule has 6 heteroatoms. The standard InChI is InChI=1S/C37H33N2O3P/c1-27(30-19-9-4-10-20-30)43-41-33-23-13-11-21-31(33)35-36(32-22-12-14-24-34(32)42-43)39(26-29-17-7-3-8-18-29)37(40)38(35)25-28-15-5-2-6-16-28/h2-24,27,35-36H,25-26H2,1H3/t27-,35+,36+/m0/s1. The van der Waals surface area contributed by atoms with Gasteiger partial charge in [0.05, 0.1) is 17.7 Å². The van der Waals surface area contributed by atoms with E-state index in [-0.39, 0.29) is 23.8 Å². The highest BCUT2D eigenvalue weighted by atomic mass is 31.2. The molecule has 2 heterocycles. The van der Waals surface area contributed by atoms with Crippen LogP contribution in [0, 0.1) is 0 Å². The predicted molar refractivity (Wildman–Crippen MR) is 171 cm³/mol. The predicted octanol–water partition coefficient (Wildman–Crippen LogP) is 9.45. The molecule has 0 bridgehead atoms. The van der Waals surface area contributed by atoms with Gasteiger partial charge in [-0.1, -0.05) is 127 Å². The van der Waals surface area contributed by atoms with Crippen LogP contribution >= 0.6 is 8.38 Å². The first kappa shape index (κ1) is 27.2. The third kappa shape index (κ3) is 5.37. The molecule has 0 N–H and O–H groups in total. The van der Waals surface area contributed by atoms with Gasteiger partial charge in [-0.05, 0) is 35.7 Å². The molecule has 7 rings (SSSR count). The zero-order valence-electron chi connectivity index (χ0n) is 24.0. The van der Waals surface area contributed by atoms with Gasteiger partial charge in [0.2, 0.25) is 0 Å². The molecule has 0 aliphatic carbocycles. The quantitative estimate of drug-likeness (QED) is 0.187. The van der Waals surface area contributed by atoms with E-state index < -0.39 is 8.38 Å². The van der Waals surface area contributed by atoms with Crippen molar-refractivity contribution >= 4 is 14.4 Å². The van der Waals surface area contributed by atoms with E-state index in [1.807, 2.05) is 88.7 Å². The lowest BCUT2D eigenvalue weighted by Crippen LogP contribution is -2.32. The molecule has 0 unspecified atom stereocenters. The molecule has 5 nitrogen and oxygen atoms in total. The second-order valence-corrected chi connectivity index (χ2v) is 12.7. The van der Waals surface area contributed by atoms with Gasteiger partial charge >= 0.3 is 6.03 Å². The first-order valence-electron chi connectivity index (χ1n) is 14.7. The minimum absolute atomic E-state index is 0.00666. The molecule has 1 saturated heterocycles. The van der Waals surface area contributed by atoms with E-state index in [0.29, 0.717) is 13.1 Å². The van der Waals surface area contributed by atoms with E-state index >= 15 is 0 Å². The van der Waals surface area contributed by atoms with Crippen molar-refractivity contribution in [2.24, 2.45) is 0 Å². The summed E-state index contributed by atoms with van der Waals surface area (Å²) >= 11 is 0. The number of nitrogens with zero attached hydrogens (tertiary/aromatic N) is 2. The summed E-state index contributed by atoms with van der Waals surface area (Å²) < 4.78 is 13.7. The zero-order valence-corrected chi connectivity index (χ0v) is 24.9. The smallest absolute Gasteiger partial charge is 0.321 e. The molecule has 1 fully saturated rings. The van der Waals surface area contributed by atoms with Crippen LogP contribution in [0.3, 0.4) is 0 Å². The van der Waals surface area contributed by atoms with Crippen LogP contribution in [-0.2, 0) is 13.1 Å². The van der Waals surface area contributed by atoms with E-state index in [4.69, 9.17) is 9.05 Å². The lowest BCUT2D eigenvalue weighted by molar-refractivity contribution is 0.180. The SMILES string of the molecule is C[C@@H](c1ccccc1)P1Oc2ccccc2[C@@H]2[C@@H](c3ccccc3O1)N(Cc1ccccc1)C(=O)N2Cc1ccccc1. The monoisotopic (exact) mass is 584 g/mol. The number of hydrogen-bond acceptors (Lipinski definition) is 3. The molecule has 0 saturated carbocycles. The van der Waals surface area contributed by atoms with Gasteiger partial charge in [0.25, 0.3) is 8.38 Å². The Morgan fingerprint density at radius 2 is 0.977 bits per heavy atom. The van der Waals surface area contributed by atoms with E-state index in [2.05, 4.69) is 67.6 Å². The van der Waals surface area contributed by atoms with Crippen LogP contribution in [0.4, 0.5) is 4.79 Å². The van der Waals surface area contributed by atoms with E-state index in [1.165, 1.54) is 0 Å². The number of benzene rings is 5. The van der Waals surface area contributed by atoms with Crippen LogP contribution in [0.5, 0.6) is 11.5 Å². The Morgan fingerprint density at radius 1 is 0.581 bits per heavy atom. The molecule has 2 aliphatic rings. The second kappa shape index (κ2) is 11.9. The molecule has 0 aromatic heterocycles. The highest BCUT2D eigenvalue weighted by Crippen LogP contribution is 2.59. The summed E-state index contributed by atoms with van der Waals surface area (Å²) in [6.45, 7) is 3.13. The van der Waals surface area contributed by atoms with Crippen molar-refractivity contribution in [1.82, 2.24) is 9.80 Å². The molecule has 0 radical (unpaired) electrons. The topological polar surface area (TPSA) is 42.0 Å². The largest absolute Gasteiger partial charge is 0.438 e. The molecule has 2 amide bonds. The van der Waals surface area contributed by atoms with Crippen LogP contribution in [0.2, 0.25) is 0 Å². The normalized spacial score (nSPS) is 18.7. The third-order valence-corrected chi connectivity index (χ3v) is 9.99. The number of urea groups is 1. The average molecular weight is 585 g/mol. The summed E-state index contributed by atoms with van der Waals surface area (Å²) in [7, 11) is -1.42. The minimum Gasteiger partial charge on any atom is -0.438 e. The summed E-state index contributed by atoms with van der Waals surface area (Å²) in [4.78, 5) is 18.6. The number of carbonyl (C=O) groups excluding carboxylic acids is 1. The van der Waals surface area contributed by atoms with E-state index in [0.717, 1.165) is 39.3 Å². The van der Waals surface area contributed by atoms with Crippen LogP contribution in [0.15, 0.2) is 140 Å². The summed E-state index contributed by atoms with van der Waals surface area (Å²) in [5, 5.41) is 0. The molecule has 2 aliphatic heterocycles. The second-order valence-electron chi connectivity index (χ2n) is 11.0. The molecule has 43 heavy (non-hydrogen) atoms. The van der Waals surface area contributed by atoms with Gasteiger partial charge in [0.1, 0.15) is 11.5 Å². The van der Waals surface area contributed by atoms with E-state index in [1.54, 1.807) is 0 Å². The number of amides is 2. The Labute approximate surface area is 254 Å². The molecule has 5 aromatic rings. The number of para-hydroxylation sites is 2. The van der Waals surface area contributed by atoms with Crippen molar-refractivity contribution in [2.45, 2.75) is 37.8 Å². The average Bonchev–Trinajstić information content (AvgIpc) is 3.34. The third-order valence-electron chi connectivity index (χ3n) is 8.30. The van der Waals surface area contributed by atoms with Crippen LogP contribution in [-0.4, -0.2) is 15.8 Å². The molecule has 214 valence electrons. The van der Waals surface area contributed by atoms with Crippen molar-refractivity contribution in [1.29, 1.82) is 0 Å². The van der Waals surface area contributed by atoms with Gasteiger partial charge in [0.15, 0.2) is 0 Å². The minimum atomic E-state index is -1.42. The fraction of sp³-hybridized carbons (Fsp3) is 0.162. The fourth-order valence-corrected chi connectivity index (χ4v) is 7.64. The molecular weight excluding hydrogens is 551 g/mol. The summed E-state index contributed by atoms with van der Waals surface area (Å²) in [5.41, 5.74) is 5.31. The maximum absolute atomic E-state index is 14.5. The van der Waals surface area contributed by atoms with Gasteiger partial charge in [-0.15, -0.1) is 0 Å². The van der Waals surface area contributed by atoms with Crippen molar-refractivity contribution in [3.05, 3.63) is 167 Å². The molecule has 3 atom stereocenters. The van der Waals surface area contributed by atoms with Crippen molar-refractivity contribution in [2.75, 3.05) is 0 Å². The number of carbonyl (C=O) groups is 1. The molecular formula is C37H33N2O3P. The van der Waals surface area contributed by atoms with Gasteiger partial charge in [-0.2, -0.15) is 0 Å². The number of hydrogen-bond donors (Lipinski definition) is 0. The Balaban J connectivity index is 1.40. The highest BCUT2D eigenvalue weighted by molar-refractivity contribution is 7.48. The van der Waals surface area contributed by atoms with Crippen LogP contribution in [0.1, 0.15) is 52.5 Å². The van der Waals surface area contributed by atoms with Crippen LogP contribution < -0.4 is 9.05 Å². The number of rotatable bonds is 6. The van der Waals surface area contributed by atoms with E-state index in [9.17, 15) is 4.79 Å². The van der Waals surface area contributed by atoms with Crippen LogP contribution in [0.25, 0.3) is 0 Å². The maximum Gasteiger partial charge on any atom is 0.321 e. The zero-order chi connectivity index (χ0) is 29.2. The van der Waals surface area contributed by atoms with Gasteiger partial charge < -0.3 is 18.8 Å². The lowest BCUT2D eigenvalue weighted by atomic mass is 9.91. The molecule has 5 aromatic carbocycles. The van der Waals surface area contributed by atoms with Gasteiger partial charge in [0, 0.05) is 24.2 Å². The Hall–Kier alpha value is -4.60. The maximum atomic E-state index is 14.5. The first-order chi connectivity index (χ1) is 21.2. The Bertz CT molecular complexity index is 1600. The lowest BCUT2D eigenvalue weighted by Gasteiger charge is -2.29. The summed E-state index contributed by atoms with van der Waals surface area (Å²) in [6.07, 6.45) is 0. The summed E-state index contributed by atoms with van der Waals surface area (Å²) in [6, 6.07) is 46.6. The van der Waals surface area contributed by atoms with Gasteiger partial charge in [-0.25, -0.2) is 4.79 Å². The Morgan fingerprint density at radius 3 is 1.44 bits per heavy atom. The molecule has 0 spiro atoms. The van der Waals surface area contributed by atoms with Crippen molar-refractivity contribution < 1.29 is 13.8 Å².